The largest absolute Gasteiger partial charge is 0.673 e. The molecule has 0 amide bonds. The van der Waals surface area contributed by atoms with Crippen LogP contribution >= 0.6 is 0 Å². The zero-order chi connectivity index (χ0) is 31.4. The van der Waals surface area contributed by atoms with Crippen LogP contribution in [0.2, 0.25) is 0 Å². The average molecular weight is 597 g/mol. The number of rotatable bonds is 6. The van der Waals surface area contributed by atoms with E-state index in [0.717, 1.165) is 0 Å². The third-order valence-electron chi connectivity index (χ3n) is 8.08. The predicted molar refractivity (Wildman–Crippen MR) is 175 cm³/mol. The predicted octanol–water partition coefficient (Wildman–Crippen LogP) is 10.8. The van der Waals surface area contributed by atoms with Crippen LogP contribution < -0.4 is 5.32 Å². The molecule has 0 spiro atoms. The Kier molecular flexibility index (Phi) is 9.24. The lowest BCUT2D eigenvalue weighted by atomic mass is 9.86. The molecule has 2 nitrogen and oxygen atoms in total. The molecule has 1 N–H and O–H groups in total. The average Bonchev–Trinajstić information content (AvgIpc) is 3.45. The van der Waals surface area contributed by atoms with Gasteiger partial charge in [-0.15, -0.1) is 0 Å². The second-order valence-electron chi connectivity index (χ2n) is 11.8. The summed E-state index contributed by atoms with van der Waals surface area (Å²) in [5.41, 5.74) is 9.32. The molecule has 0 fully saturated rings. The smallest absolute Gasteiger partial charge is 0.418 e. The topological polar surface area (TPSA) is 15.0 Å². The van der Waals surface area contributed by atoms with Gasteiger partial charge in [0.1, 0.15) is 5.69 Å². The molecule has 0 saturated heterocycles. The van der Waals surface area contributed by atoms with Gasteiger partial charge in [-0.3, -0.25) is 5.32 Å². The van der Waals surface area contributed by atoms with Gasteiger partial charge in [0.2, 0.25) is 6.34 Å². The third-order valence-corrected chi connectivity index (χ3v) is 8.08. The minimum atomic E-state index is -6.00. The highest BCUT2D eigenvalue weighted by molar-refractivity contribution is 6.50. The Morgan fingerprint density at radius 2 is 1.14 bits per heavy atom. The summed E-state index contributed by atoms with van der Waals surface area (Å²) in [6.07, 6.45) is 2.22. The van der Waals surface area contributed by atoms with Crippen molar-refractivity contribution in [2.45, 2.75) is 51.6 Å². The number of fused-ring (bicyclic) bond motifs is 1. The number of nitrogens with one attached hydrogen (secondary N) is 1. The van der Waals surface area contributed by atoms with Gasteiger partial charge in [-0.25, -0.2) is 4.58 Å². The zero-order valence-corrected chi connectivity index (χ0v) is 25.4. The van der Waals surface area contributed by atoms with Crippen LogP contribution in [0.25, 0.3) is 21.9 Å². The maximum Gasteiger partial charge on any atom is 0.673 e. The molecule has 2 unspecified atom stereocenters. The first-order valence-corrected chi connectivity index (χ1v) is 15.0. The second kappa shape index (κ2) is 13.1. The molecule has 44 heavy (non-hydrogen) atoms. The molecule has 7 heteroatoms. The van der Waals surface area contributed by atoms with Gasteiger partial charge in [0.25, 0.3) is 0 Å². The first kappa shape index (κ1) is 31.1. The molecule has 1 aliphatic rings. The molecule has 0 saturated carbocycles. The molecule has 2 atom stereocenters. The standard InChI is InChI=1S/C37H36N2.BF4/c1-25(2)33-22-30(32-21-13-19-27-14-11-12-20-31(27)32)23-34(26(3)4)37(33)39-24-38-35(28-15-7-5-8-16-28)36(39)29-17-9-6-10-18-29;2-1(3,4)5/h5-26,35-36H,1-4H3;/q;-1/p+1. The lowest BCUT2D eigenvalue weighted by Crippen LogP contribution is -2.21. The van der Waals surface area contributed by atoms with Crippen molar-refractivity contribution in [3.05, 3.63) is 138 Å². The van der Waals surface area contributed by atoms with Gasteiger partial charge in [-0.05, 0) is 45.9 Å². The summed E-state index contributed by atoms with van der Waals surface area (Å²) in [5.74, 6) is 0.737. The summed E-state index contributed by atoms with van der Waals surface area (Å²) in [6, 6.07) is 42.4. The fourth-order valence-corrected chi connectivity index (χ4v) is 6.13. The van der Waals surface area contributed by atoms with Gasteiger partial charge < -0.3 is 17.3 Å². The lowest BCUT2D eigenvalue weighted by molar-refractivity contribution is -0.482. The first-order valence-electron chi connectivity index (χ1n) is 15.0. The van der Waals surface area contributed by atoms with Crippen molar-refractivity contribution in [3.63, 3.8) is 0 Å². The van der Waals surface area contributed by atoms with Gasteiger partial charge in [-0.2, -0.15) is 0 Å². The Bertz CT molecular complexity index is 1710. The first-order chi connectivity index (χ1) is 21.0. The van der Waals surface area contributed by atoms with E-state index >= 15 is 0 Å². The van der Waals surface area contributed by atoms with Gasteiger partial charge >= 0.3 is 7.25 Å². The number of hydrogen-bond acceptors (Lipinski definition) is 1. The van der Waals surface area contributed by atoms with Crippen molar-refractivity contribution >= 4 is 30.1 Å². The van der Waals surface area contributed by atoms with Crippen molar-refractivity contribution in [2.24, 2.45) is 0 Å². The minimum absolute atomic E-state index is 0.145. The van der Waals surface area contributed by atoms with E-state index in [1.807, 2.05) is 0 Å². The maximum absolute atomic E-state index is 9.75. The molecule has 5 aromatic carbocycles. The Morgan fingerprint density at radius 1 is 0.636 bits per heavy atom. The highest BCUT2D eigenvalue weighted by atomic mass is 19.5. The summed E-state index contributed by atoms with van der Waals surface area (Å²) < 4.78 is 41.5. The monoisotopic (exact) mass is 596 g/mol. The Hall–Kier alpha value is -4.39. The summed E-state index contributed by atoms with van der Waals surface area (Å²) in [5, 5.41) is 6.36. The van der Waals surface area contributed by atoms with Gasteiger partial charge in [0.05, 0.1) is 0 Å². The van der Waals surface area contributed by atoms with E-state index in [0.29, 0.717) is 11.8 Å². The quantitative estimate of drug-likeness (QED) is 0.117. The lowest BCUT2D eigenvalue weighted by Gasteiger charge is -2.25. The number of benzene rings is 5. The fraction of sp³-hybridized carbons (Fsp3) is 0.216. The van der Waals surface area contributed by atoms with Crippen molar-refractivity contribution in [1.29, 1.82) is 0 Å². The molecular weight excluding hydrogens is 559 g/mol. The Morgan fingerprint density at radius 3 is 1.70 bits per heavy atom. The molecule has 0 aliphatic carbocycles. The summed E-state index contributed by atoms with van der Waals surface area (Å²) in [4.78, 5) is 0. The molecule has 5 aromatic rings. The SMILES string of the molecule is CC(C)c1cc(-c2cccc3ccccc23)cc(C(C)C)c1[N+]1=CNC(c2ccccc2)C1c1ccccc1.F[B-](F)(F)F. The number of nitrogens with zero attached hydrogens (tertiary/aromatic N) is 1. The minimum Gasteiger partial charge on any atom is -0.418 e. The Balaban J connectivity index is 0.000000712. The number of hydrogen-bond donors (Lipinski definition) is 1. The molecule has 226 valence electrons. The van der Waals surface area contributed by atoms with Crippen molar-refractivity contribution in [3.8, 4) is 11.1 Å². The highest BCUT2D eigenvalue weighted by Crippen LogP contribution is 2.46. The summed E-state index contributed by atoms with van der Waals surface area (Å²) in [7, 11) is -6.00. The highest BCUT2D eigenvalue weighted by Gasteiger charge is 2.41. The van der Waals surface area contributed by atoms with Crippen molar-refractivity contribution in [2.75, 3.05) is 0 Å². The molecule has 0 bridgehead atoms. The third kappa shape index (κ3) is 6.88. The van der Waals surface area contributed by atoms with E-state index in [-0.39, 0.29) is 12.1 Å². The molecule has 0 aromatic heterocycles. The van der Waals surface area contributed by atoms with Crippen LogP contribution in [-0.2, 0) is 0 Å². The van der Waals surface area contributed by atoms with Crippen LogP contribution in [0.1, 0.15) is 73.9 Å². The van der Waals surface area contributed by atoms with Crippen LogP contribution in [0.3, 0.4) is 0 Å². The van der Waals surface area contributed by atoms with E-state index < -0.39 is 7.25 Å². The van der Waals surface area contributed by atoms with E-state index in [4.69, 9.17) is 0 Å². The van der Waals surface area contributed by atoms with E-state index in [9.17, 15) is 17.3 Å². The zero-order valence-electron chi connectivity index (χ0n) is 25.4. The fourth-order valence-electron chi connectivity index (χ4n) is 6.13. The van der Waals surface area contributed by atoms with E-state index in [2.05, 4.69) is 159 Å². The van der Waals surface area contributed by atoms with E-state index in [1.54, 1.807) is 0 Å². The summed E-state index contributed by atoms with van der Waals surface area (Å²) >= 11 is 0. The van der Waals surface area contributed by atoms with Crippen LogP contribution in [0.5, 0.6) is 0 Å². The molecular formula is C37H37BF4N2. The molecule has 6 rings (SSSR count). The second-order valence-corrected chi connectivity index (χ2v) is 11.8. The van der Waals surface area contributed by atoms with Gasteiger partial charge in [0.15, 0.2) is 12.1 Å². The van der Waals surface area contributed by atoms with Crippen molar-refractivity contribution in [1.82, 2.24) is 5.32 Å². The number of halogens is 4. The van der Waals surface area contributed by atoms with Gasteiger partial charge in [0, 0.05) is 22.3 Å². The van der Waals surface area contributed by atoms with Crippen LogP contribution in [-0.4, -0.2) is 18.2 Å². The molecule has 1 aliphatic heterocycles. The van der Waals surface area contributed by atoms with Crippen LogP contribution in [0, 0.1) is 0 Å². The normalized spacial score (nSPS) is 16.5. The Labute approximate surface area is 257 Å². The molecule has 1 heterocycles. The summed E-state index contributed by atoms with van der Waals surface area (Å²) in [6.45, 7) is 9.30. The van der Waals surface area contributed by atoms with Gasteiger partial charge in [-0.1, -0.05) is 131 Å². The van der Waals surface area contributed by atoms with E-state index in [1.165, 1.54) is 49.8 Å². The molecule has 0 radical (unpaired) electrons. The van der Waals surface area contributed by atoms with Crippen LogP contribution in [0.4, 0.5) is 23.0 Å². The van der Waals surface area contributed by atoms with Crippen LogP contribution in [0.15, 0.2) is 115 Å². The van der Waals surface area contributed by atoms with Crippen molar-refractivity contribution < 1.29 is 21.8 Å². The maximum atomic E-state index is 9.75.